The first-order valence-electron chi connectivity index (χ1n) is 6.93. The molecule has 0 amide bonds. The molecule has 2 aromatic rings. The van der Waals surface area contributed by atoms with Gasteiger partial charge in [0, 0.05) is 31.8 Å². The molecule has 0 aliphatic carbocycles. The van der Waals surface area contributed by atoms with Crippen LogP contribution >= 0.6 is 0 Å². The Morgan fingerprint density at radius 1 is 1.32 bits per heavy atom. The van der Waals surface area contributed by atoms with Crippen LogP contribution in [0.2, 0.25) is 0 Å². The highest BCUT2D eigenvalue weighted by molar-refractivity contribution is 5.54. The Kier molecular flexibility index (Phi) is 4.19. The van der Waals surface area contributed by atoms with Gasteiger partial charge in [0.25, 0.3) is 5.89 Å². The van der Waals surface area contributed by atoms with Crippen LogP contribution in [0.15, 0.2) is 22.6 Å². The molecule has 118 valence electrons. The highest BCUT2D eigenvalue weighted by Crippen LogP contribution is 2.34. The van der Waals surface area contributed by atoms with Crippen molar-refractivity contribution in [1.82, 2.24) is 10.2 Å². The van der Waals surface area contributed by atoms with Gasteiger partial charge in [-0.05, 0) is 18.2 Å². The van der Waals surface area contributed by atoms with Crippen LogP contribution in [0.5, 0.6) is 0 Å². The molecule has 0 spiro atoms. The first-order chi connectivity index (χ1) is 10.7. The summed E-state index contributed by atoms with van der Waals surface area (Å²) in [5.74, 6) is 0.360. The van der Waals surface area contributed by atoms with Gasteiger partial charge in [-0.3, -0.25) is 0 Å². The van der Waals surface area contributed by atoms with Crippen molar-refractivity contribution in [3.63, 3.8) is 0 Å². The molecule has 1 aromatic heterocycles. The third-order valence-electron chi connectivity index (χ3n) is 3.78. The molecule has 2 heterocycles. The summed E-state index contributed by atoms with van der Waals surface area (Å²) < 4.78 is 35.2. The van der Waals surface area contributed by atoms with Crippen molar-refractivity contribution in [1.29, 1.82) is 0 Å². The molecule has 1 aliphatic rings. The second kappa shape index (κ2) is 6.12. The van der Waals surface area contributed by atoms with Crippen LogP contribution < -0.4 is 0 Å². The number of ether oxygens (including phenoxy) is 3. The van der Waals surface area contributed by atoms with Crippen LogP contribution in [0.25, 0.3) is 11.5 Å². The van der Waals surface area contributed by atoms with E-state index < -0.39 is 5.60 Å². The van der Waals surface area contributed by atoms with Gasteiger partial charge in [-0.2, -0.15) is 0 Å². The highest BCUT2D eigenvalue weighted by atomic mass is 19.1. The summed E-state index contributed by atoms with van der Waals surface area (Å²) in [5.41, 5.74) is 0.378. The topological polar surface area (TPSA) is 66.6 Å². The minimum atomic E-state index is -0.694. The van der Waals surface area contributed by atoms with E-state index in [2.05, 4.69) is 10.2 Å². The van der Waals surface area contributed by atoms with Gasteiger partial charge >= 0.3 is 0 Å². The Hall–Kier alpha value is -1.83. The van der Waals surface area contributed by atoms with Crippen molar-refractivity contribution in [2.45, 2.75) is 18.6 Å². The monoisotopic (exact) mass is 308 g/mol. The van der Waals surface area contributed by atoms with E-state index in [1.54, 1.807) is 19.2 Å². The Morgan fingerprint density at radius 2 is 2.18 bits per heavy atom. The Morgan fingerprint density at radius 3 is 2.86 bits per heavy atom. The molecule has 1 fully saturated rings. The van der Waals surface area contributed by atoms with Crippen molar-refractivity contribution in [3.8, 4) is 11.5 Å². The second-order valence-electron chi connectivity index (χ2n) is 5.15. The summed E-state index contributed by atoms with van der Waals surface area (Å²) in [5, 5.41) is 8.11. The molecule has 22 heavy (non-hydrogen) atoms. The van der Waals surface area contributed by atoms with Crippen molar-refractivity contribution in [3.05, 3.63) is 35.5 Å². The maximum atomic E-state index is 13.7. The molecule has 0 N–H and O–H groups in total. The summed E-state index contributed by atoms with van der Waals surface area (Å²) in [4.78, 5) is 0. The summed E-state index contributed by atoms with van der Waals surface area (Å²) in [6, 6.07) is 4.59. The number of aromatic nitrogens is 2. The first kappa shape index (κ1) is 15.1. The fraction of sp³-hybridized carbons (Fsp3) is 0.467. The lowest BCUT2D eigenvalue weighted by atomic mass is 10.0. The van der Waals surface area contributed by atoms with Crippen LogP contribution in [0.3, 0.4) is 0 Å². The zero-order valence-electron chi connectivity index (χ0n) is 12.5. The van der Waals surface area contributed by atoms with Crippen LogP contribution in [-0.2, 0) is 26.4 Å². The average molecular weight is 308 g/mol. The minimum Gasteiger partial charge on any atom is -0.417 e. The molecule has 7 heteroatoms. The van der Waals surface area contributed by atoms with E-state index in [4.69, 9.17) is 18.6 Å². The van der Waals surface area contributed by atoms with Gasteiger partial charge in [0.1, 0.15) is 5.82 Å². The Bertz CT molecular complexity index is 653. The second-order valence-corrected chi connectivity index (χ2v) is 5.15. The molecular formula is C15H17FN2O4. The quantitative estimate of drug-likeness (QED) is 0.844. The number of hydrogen-bond acceptors (Lipinski definition) is 6. The van der Waals surface area contributed by atoms with Gasteiger partial charge < -0.3 is 18.6 Å². The molecule has 3 rings (SSSR count). The number of halogens is 1. The molecule has 1 unspecified atom stereocenters. The number of nitrogens with zero attached hydrogens (tertiary/aromatic N) is 2. The zero-order chi connectivity index (χ0) is 15.6. The summed E-state index contributed by atoms with van der Waals surface area (Å²) in [6.07, 6.45) is 0.656. The van der Waals surface area contributed by atoms with E-state index in [0.717, 1.165) is 0 Å². The lowest BCUT2D eigenvalue weighted by Gasteiger charge is -2.20. The Labute approximate surface area is 127 Å². The zero-order valence-corrected chi connectivity index (χ0v) is 12.5. The predicted octanol–water partition coefficient (Wildman–Crippen LogP) is 2.28. The van der Waals surface area contributed by atoms with Crippen molar-refractivity contribution in [2.75, 3.05) is 27.4 Å². The lowest BCUT2D eigenvalue weighted by molar-refractivity contribution is -0.0407. The SMILES string of the molecule is COCc1cc(-c2nnc(C3(OC)CCOC3)o2)ccc1F. The summed E-state index contributed by atoms with van der Waals surface area (Å²) in [6.45, 7) is 1.14. The number of benzene rings is 1. The fourth-order valence-corrected chi connectivity index (χ4v) is 2.46. The third-order valence-corrected chi connectivity index (χ3v) is 3.78. The van der Waals surface area contributed by atoms with Gasteiger partial charge in [0.15, 0.2) is 5.60 Å². The van der Waals surface area contributed by atoms with Gasteiger partial charge in [-0.1, -0.05) is 0 Å². The van der Waals surface area contributed by atoms with E-state index >= 15 is 0 Å². The normalized spacial score (nSPS) is 21.4. The molecular weight excluding hydrogens is 291 g/mol. The van der Waals surface area contributed by atoms with E-state index in [9.17, 15) is 4.39 Å². The number of rotatable bonds is 5. The number of methoxy groups -OCH3 is 2. The van der Waals surface area contributed by atoms with Crippen LogP contribution in [0.1, 0.15) is 17.9 Å². The molecule has 6 nitrogen and oxygen atoms in total. The molecule has 1 saturated heterocycles. The van der Waals surface area contributed by atoms with E-state index in [0.29, 0.717) is 42.5 Å². The fourth-order valence-electron chi connectivity index (χ4n) is 2.46. The molecule has 1 aliphatic heterocycles. The first-order valence-corrected chi connectivity index (χ1v) is 6.93. The van der Waals surface area contributed by atoms with Crippen molar-refractivity contribution >= 4 is 0 Å². The van der Waals surface area contributed by atoms with Gasteiger partial charge in [-0.25, -0.2) is 4.39 Å². The van der Waals surface area contributed by atoms with Gasteiger partial charge in [0.05, 0.1) is 19.8 Å². The van der Waals surface area contributed by atoms with E-state index in [1.807, 2.05) is 0 Å². The standard InChI is InChI=1S/C15H17FN2O4/c1-19-8-11-7-10(3-4-12(11)16)13-17-18-14(22-13)15(20-2)5-6-21-9-15/h3-4,7H,5-6,8-9H2,1-2H3. The van der Waals surface area contributed by atoms with Crippen LogP contribution in [0, 0.1) is 5.82 Å². The average Bonchev–Trinajstić information content (AvgIpc) is 3.19. The maximum Gasteiger partial charge on any atom is 0.251 e. The van der Waals surface area contributed by atoms with Crippen molar-refractivity contribution < 1.29 is 23.0 Å². The smallest absolute Gasteiger partial charge is 0.251 e. The molecule has 1 atom stereocenters. The molecule has 0 saturated carbocycles. The van der Waals surface area contributed by atoms with Crippen molar-refractivity contribution in [2.24, 2.45) is 0 Å². The molecule has 1 aromatic carbocycles. The minimum absolute atomic E-state index is 0.177. The van der Waals surface area contributed by atoms with E-state index in [1.165, 1.54) is 13.2 Å². The maximum absolute atomic E-state index is 13.7. The number of hydrogen-bond donors (Lipinski definition) is 0. The predicted molar refractivity (Wildman–Crippen MR) is 74.5 cm³/mol. The summed E-state index contributed by atoms with van der Waals surface area (Å²) in [7, 11) is 3.10. The van der Waals surface area contributed by atoms with Gasteiger partial charge in [-0.15, -0.1) is 10.2 Å². The lowest BCUT2D eigenvalue weighted by Crippen LogP contribution is -2.29. The largest absolute Gasteiger partial charge is 0.417 e. The Balaban J connectivity index is 1.92. The van der Waals surface area contributed by atoms with Gasteiger partial charge in [0.2, 0.25) is 5.89 Å². The third kappa shape index (κ3) is 2.63. The van der Waals surface area contributed by atoms with Crippen LogP contribution in [-0.4, -0.2) is 37.6 Å². The van der Waals surface area contributed by atoms with E-state index in [-0.39, 0.29) is 12.4 Å². The molecule has 0 bridgehead atoms. The van der Waals surface area contributed by atoms with Crippen LogP contribution in [0.4, 0.5) is 4.39 Å². The summed E-state index contributed by atoms with van der Waals surface area (Å²) >= 11 is 0. The molecule has 0 radical (unpaired) electrons. The highest BCUT2D eigenvalue weighted by Gasteiger charge is 2.42.